The van der Waals surface area contributed by atoms with Crippen LogP contribution in [0.3, 0.4) is 0 Å². The second-order valence-corrected chi connectivity index (χ2v) is 11.7. The quantitative estimate of drug-likeness (QED) is 0.455. The summed E-state index contributed by atoms with van der Waals surface area (Å²) in [5.41, 5.74) is 1.32. The SMILES string of the molecule is COCCCCn1c(C(=O)N(CC(C)C)[C@H]2C[C@@H](CO)C(C(C)(C)C)N(C(=O)O)C2)nc2ccccc21. The van der Waals surface area contributed by atoms with Gasteiger partial charge in [-0.05, 0) is 42.7 Å². The molecule has 0 aliphatic carbocycles. The standard InChI is InChI=1S/C28H44N4O5/c1-19(2)16-31(21-15-20(18-33)24(28(3,4)5)32(17-21)27(35)36)26(34)25-29-22-11-7-8-12-23(22)30(25)13-9-10-14-37-6/h7-8,11-12,19-21,24,33H,9-10,13-18H2,1-6H3,(H,35,36)/t20-,21-,24?/m0/s1. The fraction of sp³-hybridized carbons (Fsp3) is 0.679. The van der Waals surface area contributed by atoms with Crippen LogP contribution < -0.4 is 0 Å². The van der Waals surface area contributed by atoms with Crippen molar-refractivity contribution in [2.24, 2.45) is 17.3 Å². The van der Waals surface area contributed by atoms with Crippen molar-refractivity contribution in [3.05, 3.63) is 30.1 Å². The Labute approximate surface area is 220 Å². The number of benzene rings is 1. The van der Waals surface area contributed by atoms with E-state index in [-0.39, 0.29) is 48.4 Å². The van der Waals surface area contributed by atoms with E-state index in [4.69, 9.17) is 9.72 Å². The van der Waals surface area contributed by atoms with Gasteiger partial charge in [-0.3, -0.25) is 4.79 Å². The van der Waals surface area contributed by atoms with Crippen molar-refractivity contribution < 1.29 is 24.5 Å². The molecule has 0 spiro atoms. The van der Waals surface area contributed by atoms with Crippen LogP contribution in [-0.2, 0) is 11.3 Å². The van der Waals surface area contributed by atoms with Crippen molar-refractivity contribution >= 4 is 23.0 Å². The maximum Gasteiger partial charge on any atom is 0.407 e. The summed E-state index contributed by atoms with van der Waals surface area (Å²) in [6, 6.07) is 7.05. The first-order valence-corrected chi connectivity index (χ1v) is 13.3. The highest BCUT2D eigenvalue weighted by Crippen LogP contribution is 2.38. The van der Waals surface area contributed by atoms with Gasteiger partial charge in [0.15, 0.2) is 5.82 Å². The molecule has 206 valence electrons. The molecule has 1 aliphatic heterocycles. The number of hydrogen-bond donors (Lipinski definition) is 2. The molecule has 1 saturated heterocycles. The lowest BCUT2D eigenvalue weighted by Gasteiger charge is -2.51. The highest BCUT2D eigenvalue weighted by Gasteiger charge is 2.46. The van der Waals surface area contributed by atoms with Gasteiger partial charge in [0, 0.05) is 51.9 Å². The van der Waals surface area contributed by atoms with Gasteiger partial charge < -0.3 is 29.3 Å². The number of fused-ring (bicyclic) bond motifs is 1. The Bertz CT molecular complexity index is 1060. The predicted octanol–water partition coefficient (Wildman–Crippen LogP) is 4.34. The zero-order valence-electron chi connectivity index (χ0n) is 23.2. The maximum absolute atomic E-state index is 14.2. The number of imidazole rings is 1. The number of rotatable bonds is 10. The van der Waals surface area contributed by atoms with E-state index in [2.05, 4.69) is 0 Å². The number of piperidine rings is 1. The first-order chi connectivity index (χ1) is 17.5. The minimum atomic E-state index is -1.02. The average molecular weight is 517 g/mol. The van der Waals surface area contributed by atoms with Crippen LogP contribution in [-0.4, -0.2) is 87.1 Å². The van der Waals surface area contributed by atoms with Crippen molar-refractivity contribution in [1.82, 2.24) is 19.4 Å². The van der Waals surface area contributed by atoms with Crippen LogP contribution in [0.2, 0.25) is 0 Å². The molecule has 1 fully saturated rings. The number of aliphatic hydroxyl groups is 1. The van der Waals surface area contributed by atoms with Crippen LogP contribution in [0.1, 0.15) is 64.5 Å². The lowest BCUT2D eigenvalue weighted by atomic mass is 9.73. The van der Waals surface area contributed by atoms with E-state index in [0.29, 0.717) is 31.9 Å². The Morgan fingerprint density at radius 3 is 2.51 bits per heavy atom. The molecule has 0 bridgehead atoms. The second-order valence-electron chi connectivity index (χ2n) is 11.7. The molecule has 1 aromatic heterocycles. The minimum absolute atomic E-state index is 0.135. The molecule has 3 atom stereocenters. The third-order valence-corrected chi connectivity index (χ3v) is 7.22. The van der Waals surface area contributed by atoms with Gasteiger partial charge in [0.25, 0.3) is 5.91 Å². The number of aliphatic hydroxyl groups excluding tert-OH is 1. The summed E-state index contributed by atoms with van der Waals surface area (Å²) in [5, 5.41) is 20.4. The molecule has 1 aliphatic rings. The number of hydrogen-bond acceptors (Lipinski definition) is 5. The monoisotopic (exact) mass is 516 g/mol. The predicted molar refractivity (Wildman–Crippen MR) is 144 cm³/mol. The van der Waals surface area contributed by atoms with Gasteiger partial charge in [-0.1, -0.05) is 46.8 Å². The number of unbranched alkanes of at least 4 members (excludes halogenated alkanes) is 1. The van der Waals surface area contributed by atoms with E-state index >= 15 is 0 Å². The fourth-order valence-corrected chi connectivity index (χ4v) is 5.82. The summed E-state index contributed by atoms with van der Waals surface area (Å²) in [4.78, 5) is 34.5. The Hall–Kier alpha value is -2.65. The Morgan fingerprint density at radius 2 is 1.92 bits per heavy atom. The summed E-state index contributed by atoms with van der Waals surface area (Å²) in [7, 11) is 1.68. The van der Waals surface area contributed by atoms with E-state index in [1.807, 2.05) is 63.5 Å². The van der Waals surface area contributed by atoms with E-state index in [0.717, 1.165) is 23.9 Å². The third-order valence-electron chi connectivity index (χ3n) is 7.22. The van der Waals surface area contributed by atoms with Crippen molar-refractivity contribution in [1.29, 1.82) is 0 Å². The zero-order valence-corrected chi connectivity index (χ0v) is 23.2. The summed E-state index contributed by atoms with van der Waals surface area (Å²) in [6.45, 7) is 11.9. The number of carbonyl (C=O) groups excluding carboxylic acids is 1. The van der Waals surface area contributed by atoms with Crippen LogP contribution in [0.15, 0.2) is 24.3 Å². The van der Waals surface area contributed by atoms with Crippen LogP contribution in [0.5, 0.6) is 0 Å². The number of ether oxygens (including phenoxy) is 1. The summed E-state index contributed by atoms with van der Waals surface area (Å²) < 4.78 is 7.18. The van der Waals surface area contributed by atoms with Crippen LogP contribution >= 0.6 is 0 Å². The highest BCUT2D eigenvalue weighted by atomic mass is 16.5. The number of likely N-dealkylation sites (tertiary alicyclic amines) is 1. The number of carboxylic acid groups (broad SMARTS) is 1. The molecule has 1 aromatic carbocycles. The average Bonchev–Trinajstić information content (AvgIpc) is 3.21. The number of methoxy groups -OCH3 is 1. The normalized spacial score (nSPS) is 20.5. The molecule has 0 radical (unpaired) electrons. The Balaban J connectivity index is 2.00. The van der Waals surface area contributed by atoms with Crippen LogP contribution in [0.25, 0.3) is 11.0 Å². The second kappa shape index (κ2) is 12.3. The van der Waals surface area contributed by atoms with Gasteiger partial charge in [0.05, 0.1) is 17.1 Å². The van der Waals surface area contributed by atoms with Gasteiger partial charge in [0.1, 0.15) is 0 Å². The van der Waals surface area contributed by atoms with Crippen LogP contribution in [0, 0.1) is 17.3 Å². The minimum Gasteiger partial charge on any atom is -0.465 e. The van der Waals surface area contributed by atoms with E-state index in [1.54, 1.807) is 12.0 Å². The van der Waals surface area contributed by atoms with Crippen molar-refractivity contribution in [3.63, 3.8) is 0 Å². The third kappa shape index (κ3) is 6.62. The van der Waals surface area contributed by atoms with Crippen molar-refractivity contribution in [3.8, 4) is 0 Å². The summed E-state index contributed by atoms with van der Waals surface area (Å²) >= 11 is 0. The molecule has 2 amide bonds. The molecule has 2 aromatic rings. The largest absolute Gasteiger partial charge is 0.465 e. The van der Waals surface area contributed by atoms with Gasteiger partial charge >= 0.3 is 6.09 Å². The molecule has 3 rings (SSSR count). The van der Waals surface area contributed by atoms with Gasteiger partial charge in [-0.25, -0.2) is 9.78 Å². The lowest BCUT2D eigenvalue weighted by Crippen LogP contribution is -2.62. The molecule has 9 heteroatoms. The van der Waals surface area contributed by atoms with E-state index in [9.17, 15) is 19.8 Å². The van der Waals surface area contributed by atoms with Crippen molar-refractivity contribution in [2.75, 3.05) is 33.4 Å². The molecular weight excluding hydrogens is 472 g/mol. The molecule has 2 N–H and O–H groups in total. The summed E-state index contributed by atoms with van der Waals surface area (Å²) in [6.07, 6.45) is 1.23. The first kappa shape index (κ1) is 28.9. The smallest absolute Gasteiger partial charge is 0.407 e. The Kier molecular flexibility index (Phi) is 9.58. The molecule has 2 heterocycles. The molecule has 0 saturated carbocycles. The summed E-state index contributed by atoms with van der Waals surface area (Å²) in [5.74, 6) is 0.0809. The van der Waals surface area contributed by atoms with Gasteiger partial charge in [-0.15, -0.1) is 0 Å². The molecular formula is C28H44N4O5. The number of aryl methyl sites for hydroxylation is 1. The zero-order chi connectivity index (χ0) is 27.3. The Morgan fingerprint density at radius 1 is 1.22 bits per heavy atom. The lowest BCUT2D eigenvalue weighted by molar-refractivity contribution is -0.0306. The van der Waals surface area contributed by atoms with Gasteiger partial charge in [-0.2, -0.15) is 0 Å². The van der Waals surface area contributed by atoms with Crippen LogP contribution in [0.4, 0.5) is 4.79 Å². The maximum atomic E-state index is 14.2. The molecule has 1 unspecified atom stereocenters. The molecule has 37 heavy (non-hydrogen) atoms. The van der Waals surface area contributed by atoms with E-state index in [1.165, 1.54) is 4.90 Å². The number of amides is 2. The van der Waals surface area contributed by atoms with Gasteiger partial charge in [0.2, 0.25) is 0 Å². The fourth-order valence-electron chi connectivity index (χ4n) is 5.82. The molecule has 9 nitrogen and oxygen atoms in total. The first-order valence-electron chi connectivity index (χ1n) is 13.3. The van der Waals surface area contributed by atoms with Crippen molar-refractivity contribution in [2.45, 2.75) is 72.5 Å². The topological polar surface area (TPSA) is 108 Å². The number of para-hydroxylation sites is 2. The number of carbonyl (C=O) groups is 2. The number of aromatic nitrogens is 2. The number of nitrogens with zero attached hydrogens (tertiary/aromatic N) is 4. The highest BCUT2D eigenvalue weighted by molar-refractivity contribution is 5.95. The van der Waals surface area contributed by atoms with E-state index < -0.39 is 6.09 Å².